The molecule has 0 unspecified atom stereocenters. The van der Waals surface area contributed by atoms with E-state index in [1.165, 1.54) is 0 Å². The predicted octanol–water partition coefficient (Wildman–Crippen LogP) is 0.0977. The quantitative estimate of drug-likeness (QED) is 0.460. The summed E-state index contributed by atoms with van der Waals surface area (Å²) in [5.74, 6) is -2.96. The summed E-state index contributed by atoms with van der Waals surface area (Å²) in [6, 6.07) is 5.75. The van der Waals surface area contributed by atoms with E-state index in [9.17, 15) is 4.79 Å². The van der Waals surface area contributed by atoms with Crippen molar-refractivity contribution < 1.29 is 34.4 Å². The molecule has 0 bridgehead atoms. The summed E-state index contributed by atoms with van der Waals surface area (Å²) in [4.78, 5) is 34.9. The number of benzene rings is 1. The number of nitrogens with zero attached hydrogens (tertiary/aromatic N) is 2. The Hall–Kier alpha value is -2.69. The van der Waals surface area contributed by atoms with Gasteiger partial charge in [-0.15, -0.1) is 0 Å². The fourth-order valence-corrected chi connectivity index (χ4v) is 2.77. The number of carbonyl (C=O) groups excluding carboxylic acids is 1. The number of aliphatic hydroxyl groups is 1. The summed E-state index contributed by atoms with van der Waals surface area (Å²) >= 11 is 0. The second kappa shape index (κ2) is 12.7. The summed E-state index contributed by atoms with van der Waals surface area (Å²) in [5.41, 5.74) is 1.81. The zero-order chi connectivity index (χ0) is 21.8. The molecule has 0 atom stereocenters. The predicted molar refractivity (Wildman–Crippen MR) is 106 cm³/mol. The zero-order valence-corrected chi connectivity index (χ0v) is 16.8. The molecule has 1 heterocycles. The number of carbonyl (C=O) groups is 3. The van der Waals surface area contributed by atoms with Crippen molar-refractivity contribution >= 4 is 23.5 Å². The van der Waals surface area contributed by atoms with Crippen LogP contribution in [0.3, 0.4) is 0 Å². The maximum absolute atomic E-state index is 12.2. The number of piperazine rings is 1. The standard InChI is InChI=1S/C17H27N3O3.C2H2O4/c1-14-3-4-16(23-2)15(13-14)18-17(22)5-6-19-7-9-20(10-8-19)11-12-21;3-1(4)2(5)6/h3-4,13,21H,5-12H2,1-2H3,(H,18,22);(H,3,4)(H,5,6). The van der Waals surface area contributed by atoms with Gasteiger partial charge >= 0.3 is 11.9 Å². The highest BCUT2D eigenvalue weighted by Gasteiger charge is 2.17. The second-order valence-corrected chi connectivity index (χ2v) is 6.52. The molecule has 10 heteroatoms. The molecule has 4 N–H and O–H groups in total. The SMILES string of the molecule is COc1ccc(C)cc1NC(=O)CCN1CCN(CCO)CC1.O=C(O)C(=O)O. The number of aryl methyl sites for hydroxylation is 1. The number of anilines is 1. The minimum Gasteiger partial charge on any atom is -0.495 e. The molecule has 29 heavy (non-hydrogen) atoms. The molecular weight excluding hydrogens is 382 g/mol. The Morgan fingerprint density at radius 2 is 1.59 bits per heavy atom. The van der Waals surface area contributed by atoms with Crippen LogP contribution < -0.4 is 10.1 Å². The number of hydrogen-bond acceptors (Lipinski definition) is 7. The Morgan fingerprint density at radius 1 is 1.03 bits per heavy atom. The van der Waals surface area contributed by atoms with Crippen molar-refractivity contribution in [2.45, 2.75) is 13.3 Å². The summed E-state index contributed by atoms with van der Waals surface area (Å²) < 4.78 is 5.28. The summed E-state index contributed by atoms with van der Waals surface area (Å²) in [6.45, 7) is 7.49. The van der Waals surface area contributed by atoms with E-state index in [2.05, 4.69) is 15.1 Å². The Kier molecular flexibility index (Phi) is 10.7. The van der Waals surface area contributed by atoms with Gasteiger partial charge in [-0.1, -0.05) is 6.07 Å². The third kappa shape index (κ3) is 9.37. The van der Waals surface area contributed by atoms with Gasteiger partial charge in [0.05, 0.1) is 19.4 Å². The van der Waals surface area contributed by atoms with E-state index in [1.54, 1.807) is 7.11 Å². The largest absolute Gasteiger partial charge is 0.495 e. The summed E-state index contributed by atoms with van der Waals surface area (Å²) in [6.07, 6.45) is 0.469. The third-order valence-corrected chi connectivity index (χ3v) is 4.35. The van der Waals surface area contributed by atoms with Crippen molar-refractivity contribution in [2.75, 3.05) is 58.3 Å². The molecule has 0 aliphatic carbocycles. The van der Waals surface area contributed by atoms with Gasteiger partial charge in [0.15, 0.2) is 0 Å². The molecular formula is C19H29N3O7. The molecule has 1 aromatic carbocycles. The number of carboxylic acid groups (broad SMARTS) is 2. The lowest BCUT2D eigenvalue weighted by molar-refractivity contribution is -0.159. The van der Waals surface area contributed by atoms with Crippen LogP contribution >= 0.6 is 0 Å². The van der Waals surface area contributed by atoms with Gasteiger partial charge in [-0.2, -0.15) is 0 Å². The molecule has 1 amide bonds. The van der Waals surface area contributed by atoms with Crippen LogP contribution in [0.5, 0.6) is 5.75 Å². The van der Waals surface area contributed by atoms with Gasteiger partial charge in [-0.05, 0) is 24.6 Å². The molecule has 1 saturated heterocycles. The van der Waals surface area contributed by atoms with E-state index in [4.69, 9.17) is 29.6 Å². The van der Waals surface area contributed by atoms with Crippen LogP contribution in [0.25, 0.3) is 0 Å². The highest BCUT2D eigenvalue weighted by Crippen LogP contribution is 2.25. The summed E-state index contributed by atoms with van der Waals surface area (Å²) in [7, 11) is 1.60. The number of β-amino-alcohol motifs (C(OH)–C–C–N with tert-alkyl or cyclic N) is 1. The maximum atomic E-state index is 12.2. The topological polar surface area (TPSA) is 140 Å². The lowest BCUT2D eigenvalue weighted by Gasteiger charge is -2.34. The van der Waals surface area contributed by atoms with E-state index in [0.29, 0.717) is 12.2 Å². The highest BCUT2D eigenvalue weighted by molar-refractivity contribution is 6.27. The van der Waals surface area contributed by atoms with E-state index < -0.39 is 11.9 Å². The number of methoxy groups -OCH3 is 1. The highest BCUT2D eigenvalue weighted by atomic mass is 16.5. The molecule has 0 saturated carbocycles. The van der Waals surface area contributed by atoms with Crippen molar-refractivity contribution in [3.05, 3.63) is 23.8 Å². The minimum atomic E-state index is -1.82. The van der Waals surface area contributed by atoms with Gasteiger partial charge in [0.2, 0.25) is 5.91 Å². The van der Waals surface area contributed by atoms with Crippen molar-refractivity contribution in [1.82, 2.24) is 9.80 Å². The third-order valence-electron chi connectivity index (χ3n) is 4.35. The minimum absolute atomic E-state index is 0.00619. The van der Waals surface area contributed by atoms with Crippen LogP contribution in [0.1, 0.15) is 12.0 Å². The average molecular weight is 411 g/mol. The van der Waals surface area contributed by atoms with Gasteiger partial charge in [0.1, 0.15) is 5.75 Å². The number of carboxylic acids is 2. The molecule has 1 aliphatic rings. The Labute approximate surface area is 169 Å². The van der Waals surface area contributed by atoms with E-state index in [1.807, 2.05) is 25.1 Å². The second-order valence-electron chi connectivity index (χ2n) is 6.52. The Morgan fingerprint density at radius 3 is 2.07 bits per heavy atom. The van der Waals surface area contributed by atoms with Gasteiger partial charge in [-0.25, -0.2) is 9.59 Å². The molecule has 1 aromatic rings. The zero-order valence-electron chi connectivity index (χ0n) is 16.8. The van der Waals surface area contributed by atoms with Crippen molar-refractivity contribution in [3.63, 3.8) is 0 Å². The van der Waals surface area contributed by atoms with Crippen LogP contribution in [0.4, 0.5) is 5.69 Å². The van der Waals surface area contributed by atoms with Gasteiger partial charge in [0.25, 0.3) is 0 Å². The fourth-order valence-electron chi connectivity index (χ4n) is 2.77. The van der Waals surface area contributed by atoms with Crippen LogP contribution in [0.2, 0.25) is 0 Å². The molecule has 1 fully saturated rings. The molecule has 0 spiro atoms. The Bertz CT molecular complexity index is 676. The number of nitrogens with one attached hydrogen (secondary N) is 1. The maximum Gasteiger partial charge on any atom is 0.414 e. The van der Waals surface area contributed by atoms with Gasteiger partial charge in [-0.3, -0.25) is 9.69 Å². The molecule has 10 nitrogen and oxygen atoms in total. The van der Waals surface area contributed by atoms with Crippen LogP contribution in [-0.4, -0.2) is 96.0 Å². The lowest BCUT2D eigenvalue weighted by Crippen LogP contribution is -2.47. The Balaban J connectivity index is 0.000000612. The van der Waals surface area contributed by atoms with Crippen molar-refractivity contribution in [3.8, 4) is 5.75 Å². The van der Waals surface area contributed by atoms with Crippen LogP contribution in [-0.2, 0) is 14.4 Å². The van der Waals surface area contributed by atoms with E-state index in [0.717, 1.165) is 50.5 Å². The molecule has 0 aromatic heterocycles. The van der Waals surface area contributed by atoms with E-state index >= 15 is 0 Å². The number of rotatable bonds is 7. The number of ether oxygens (including phenoxy) is 1. The van der Waals surface area contributed by atoms with Crippen molar-refractivity contribution in [1.29, 1.82) is 0 Å². The molecule has 162 valence electrons. The van der Waals surface area contributed by atoms with Crippen molar-refractivity contribution in [2.24, 2.45) is 0 Å². The van der Waals surface area contributed by atoms with Gasteiger partial charge in [0, 0.05) is 45.7 Å². The number of aliphatic carboxylic acids is 2. The van der Waals surface area contributed by atoms with Crippen LogP contribution in [0.15, 0.2) is 18.2 Å². The smallest absolute Gasteiger partial charge is 0.414 e. The summed E-state index contributed by atoms with van der Waals surface area (Å²) in [5, 5.41) is 26.7. The first-order chi connectivity index (χ1) is 13.8. The monoisotopic (exact) mass is 411 g/mol. The number of amides is 1. The average Bonchev–Trinajstić information content (AvgIpc) is 2.68. The normalized spacial score (nSPS) is 14.4. The first-order valence-electron chi connectivity index (χ1n) is 9.23. The van der Waals surface area contributed by atoms with E-state index in [-0.39, 0.29) is 12.5 Å². The lowest BCUT2D eigenvalue weighted by atomic mass is 10.2. The first kappa shape index (κ1) is 24.3. The molecule has 0 radical (unpaired) electrons. The molecule has 1 aliphatic heterocycles. The molecule has 2 rings (SSSR count). The van der Waals surface area contributed by atoms with Gasteiger partial charge < -0.3 is 30.3 Å². The van der Waals surface area contributed by atoms with Crippen LogP contribution in [0, 0.1) is 6.92 Å². The number of hydrogen-bond donors (Lipinski definition) is 4. The number of aliphatic hydroxyl groups excluding tert-OH is 1. The first-order valence-corrected chi connectivity index (χ1v) is 9.23. The fraction of sp³-hybridized carbons (Fsp3) is 0.526.